The van der Waals surface area contributed by atoms with Gasteiger partial charge in [0.15, 0.2) is 0 Å². The molecule has 0 unspecified atom stereocenters. The van der Waals surface area contributed by atoms with Gasteiger partial charge in [-0.15, -0.1) is 0 Å². The Kier molecular flexibility index (Phi) is 5.49. The molecule has 2 nitrogen and oxygen atoms in total. The summed E-state index contributed by atoms with van der Waals surface area (Å²) in [4.78, 5) is 10.8. The van der Waals surface area contributed by atoms with E-state index in [1.165, 1.54) is 18.2 Å². The maximum absolute atomic E-state index is 14.3. The van der Waals surface area contributed by atoms with Crippen LogP contribution in [0.4, 0.5) is 4.39 Å². The van der Waals surface area contributed by atoms with E-state index in [0.29, 0.717) is 11.1 Å². The first-order chi connectivity index (χ1) is 13.0. The van der Waals surface area contributed by atoms with Gasteiger partial charge in [-0.2, -0.15) is 0 Å². The summed E-state index contributed by atoms with van der Waals surface area (Å²) in [6.07, 6.45) is 3.25. The Labute approximate surface area is 157 Å². The Morgan fingerprint density at radius 1 is 1.00 bits per heavy atom. The van der Waals surface area contributed by atoms with Crippen LogP contribution in [0.1, 0.15) is 27.0 Å². The fraction of sp³-hybridized carbons (Fsp3) is 0.0417. The van der Waals surface area contributed by atoms with E-state index in [9.17, 15) is 9.18 Å². The lowest BCUT2D eigenvalue weighted by atomic mass is 9.98. The molecule has 3 heteroatoms. The zero-order valence-electron chi connectivity index (χ0n) is 14.7. The van der Waals surface area contributed by atoms with Crippen LogP contribution in [0.5, 0.6) is 0 Å². The third-order valence-electron chi connectivity index (χ3n) is 4.10. The van der Waals surface area contributed by atoms with E-state index in [2.05, 4.69) is 11.8 Å². The van der Waals surface area contributed by atoms with E-state index in [1.54, 1.807) is 30.4 Å². The van der Waals surface area contributed by atoms with Crippen molar-refractivity contribution in [3.63, 3.8) is 0 Å². The van der Waals surface area contributed by atoms with Crippen molar-refractivity contribution in [2.24, 2.45) is 0 Å². The monoisotopic (exact) mass is 356 g/mol. The molecule has 0 aliphatic heterocycles. The largest absolute Gasteiger partial charge is 0.478 e. The second kappa shape index (κ2) is 8.16. The summed E-state index contributed by atoms with van der Waals surface area (Å²) in [6, 6.07) is 19.2. The van der Waals surface area contributed by atoms with Crippen LogP contribution in [-0.4, -0.2) is 11.1 Å². The minimum Gasteiger partial charge on any atom is -0.478 e. The molecule has 3 aromatic carbocycles. The molecule has 0 aromatic heterocycles. The van der Waals surface area contributed by atoms with Gasteiger partial charge in [-0.3, -0.25) is 0 Å². The molecule has 0 fully saturated rings. The number of aryl methyl sites for hydroxylation is 1. The zero-order chi connectivity index (χ0) is 19.2. The molecule has 0 saturated heterocycles. The van der Waals surface area contributed by atoms with Crippen molar-refractivity contribution in [1.29, 1.82) is 0 Å². The van der Waals surface area contributed by atoms with E-state index in [-0.39, 0.29) is 11.4 Å². The summed E-state index contributed by atoms with van der Waals surface area (Å²) >= 11 is 0. The fourth-order valence-electron chi connectivity index (χ4n) is 2.64. The van der Waals surface area contributed by atoms with Gasteiger partial charge in [0.25, 0.3) is 0 Å². The molecular formula is C24H17FO2. The first-order valence-electron chi connectivity index (χ1n) is 8.41. The number of aromatic carboxylic acids is 1. The van der Waals surface area contributed by atoms with E-state index in [1.807, 2.05) is 37.3 Å². The van der Waals surface area contributed by atoms with Crippen molar-refractivity contribution in [3.05, 3.63) is 101 Å². The molecule has 0 spiro atoms. The van der Waals surface area contributed by atoms with E-state index in [4.69, 9.17) is 5.11 Å². The molecule has 0 radical (unpaired) electrons. The maximum Gasteiger partial charge on any atom is 0.335 e. The number of rotatable bonds is 3. The van der Waals surface area contributed by atoms with Gasteiger partial charge in [-0.1, -0.05) is 53.8 Å². The van der Waals surface area contributed by atoms with Crippen LogP contribution >= 0.6 is 0 Å². The van der Waals surface area contributed by atoms with Gasteiger partial charge >= 0.3 is 5.97 Å². The van der Waals surface area contributed by atoms with Gasteiger partial charge in [0.1, 0.15) is 5.82 Å². The maximum atomic E-state index is 14.3. The number of carboxylic acids is 1. The van der Waals surface area contributed by atoms with Gasteiger partial charge < -0.3 is 5.11 Å². The molecule has 0 atom stereocenters. The van der Waals surface area contributed by atoms with Crippen LogP contribution in [0.2, 0.25) is 0 Å². The summed E-state index contributed by atoms with van der Waals surface area (Å²) in [6.45, 7) is 2.01. The normalized spacial score (nSPS) is 10.4. The lowest BCUT2D eigenvalue weighted by molar-refractivity contribution is 0.0697. The third-order valence-corrected chi connectivity index (χ3v) is 4.10. The molecule has 1 N–H and O–H groups in total. The fourth-order valence-corrected chi connectivity index (χ4v) is 2.64. The SMILES string of the molecule is Cc1ccc(-c2cccc(F)c2/C=C/C#Cc2ccc(C(=O)O)cc2)cc1. The standard InChI is InChI=1S/C24H17FO2/c1-17-9-13-19(14-10-17)21-7-4-8-23(25)22(21)6-3-2-5-18-11-15-20(16-12-18)24(26)27/h3-4,6-16H,1H3,(H,26,27)/b6-3+. The highest BCUT2D eigenvalue weighted by Gasteiger charge is 2.07. The van der Waals surface area contributed by atoms with Gasteiger partial charge in [0, 0.05) is 11.1 Å². The summed E-state index contributed by atoms with van der Waals surface area (Å²) in [5.41, 5.74) is 4.28. The van der Waals surface area contributed by atoms with E-state index in [0.717, 1.165) is 16.7 Å². The number of hydrogen-bond acceptors (Lipinski definition) is 1. The van der Waals surface area contributed by atoms with E-state index < -0.39 is 5.97 Å². The Bertz CT molecular complexity index is 1050. The van der Waals surface area contributed by atoms with Gasteiger partial charge in [-0.25, -0.2) is 9.18 Å². The third kappa shape index (κ3) is 4.50. The molecule has 3 rings (SSSR count). The molecule has 0 amide bonds. The number of hydrogen-bond donors (Lipinski definition) is 1. The molecule has 0 aliphatic carbocycles. The van der Waals surface area contributed by atoms with Crippen molar-refractivity contribution in [1.82, 2.24) is 0 Å². The highest BCUT2D eigenvalue weighted by Crippen LogP contribution is 2.27. The number of carboxylic acid groups (broad SMARTS) is 1. The van der Waals surface area contributed by atoms with Crippen molar-refractivity contribution in [2.75, 3.05) is 0 Å². The average Bonchev–Trinajstić information content (AvgIpc) is 2.67. The van der Waals surface area contributed by atoms with Crippen LogP contribution in [0.15, 0.2) is 72.8 Å². The second-order valence-corrected chi connectivity index (χ2v) is 6.05. The lowest BCUT2D eigenvalue weighted by Crippen LogP contribution is -1.94. The van der Waals surface area contributed by atoms with Crippen LogP contribution < -0.4 is 0 Å². The Balaban J connectivity index is 1.86. The Morgan fingerprint density at radius 2 is 1.70 bits per heavy atom. The highest BCUT2D eigenvalue weighted by molar-refractivity contribution is 5.87. The zero-order valence-corrected chi connectivity index (χ0v) is 14.7. The predicted octanol–water partition coefficient (Wildman–Crippen LogP) is 5.56. The number of carbonyl (C=O) groups is 1. The minimum absolute atomic E-state index is 0.213. The average molecular weight is 356 g/mol. The molecular weight excluding hydrogens is 339 g/mol. The first-order valence-corrected chi connectivity index (χ1v) is 8.41. The lowest BCUT2D eigenvalue weighted by Gasteiger charge is -2.07. The molecule has 27 heavy (non-hydrogen) atoms. The highest BCUT2D eigenvalue weighted by atomic mass is 19.1. The van der Waals surface area contributed by atoms with Crippen LogP contribution in [0.3, 0.4) is 0 Å². The molecule has 132 valence electrons. The predicted molar refractivity (Wildman–Crippen MR) is 106 cm³/mol. The quantitative estimate of drug-likeness (QED) is 0.624. The van der Waals surface area contributed by atoms with Crippen molar-refractivity contribution in [2.45, 2.75) is 6.92 Å². The van der Waals surface area contributed by atoms with Crippen LogP contribution in [-0.2, 0) is 0 Å². The molecule has 0 heterocycles. The van der Waals surface area contributed by atoms with Crippen LogP contribution in [0.25, 0.3) is 17.2 Å². The Hall–Kier alpha value is -3.64. The minimum atomic E-state index is -0.974. The molecule has 3 aromatic rings. The summed E-state index contributed by atoms with van der Waals surface area (Å²) in [5, 5.41) is 8.89. The molecule has 0 aliphatic rings. The smallest absolute Gasteiger partial charge is 0.335 e. The number of allylic oxidation sites excluding steroid dienone is 1. The molecule has 0 bridgehead atoms. The second-order valence-electron chi connectivity index (χ2n) is 6.05. The van der Waals surface area contributed by atoms with E-state index >= 15 is 0 Å². The number of halogens is 1. The summed E-state index contributed by atoms with van der Waals surface area (Å²) in [7, 11) is 0. The summed E-state index contributed by atoms with van der Waals surface area (Å²) in [5.74, 6) is 4.50. The summed E-state index contributed by atoms with van der Waals surface area (Å²) < 4.78 is 14.3. The Morgan fingerprint density at radius 3 is 2.37 bits per heavy atom. The van der Waals surface area contributed by atoms with Gasteiger partial charge in [-0.05, 0) is 60.5 Å². The van der Waals surface area contributed by atoms with Gasteiger partial charge in [0.2, 0.25) is 0 Å². The van der Waals surface area contributed by atoms with Gasteiger partial charge in [0.05, 0.1) is 5.56 Å². The van der Waals surface area contributed by atoms with Crippen molar-refractivity contribution < 1.29 is 14.3 Å². The molecule has 0 saturated carbocycles. The first kappa shape index (κ1) is 18.2. The number of benzene rings is 3. The topological polar surface area (TPSA) is 37.3 Å². The van der Waals surface area contributed by atoms with Crippen molar-refractivity contribution in [3.8, 4) is 23.0 Å². The van der Waals surface area contributed by atoms with Crippen molar-refractivity contribution >= 4 is 12.0 Å². The van der Waals surface area contributed by atoms with Crippen LogP contribution in [0, 0.1) is 24.6 Å².